The van der Waals surface area contributed by atoms with Crippen LogP contribution in [0.25, 0.3) is 0 Å². The molecule has 2 aromatic rings. The van der Waals surface area contributed by atoms with Crippen LogP contribution < -0.4 is 10.6 Å². The van der Waals surface area contributed by atoms with Crippen molar-refractivity contribution in [3.63, 3.8) is 0 Å². The van der Waals surface area contributed by atoms with E-state index in [1.165, 1.54) is 4.88 Å². The highest BCUT2D eigenvalue weighted by atomic mass is 79.9. The van der Waals surface area contributed by atoms with Crippen LogP contribution in [0.1, 0.15) is 43.4 Å². The minimum atomic E-state index is -0.120. The van der Waals surface area contributed by atoms with Crippen LogP contribution in [0.15, 0.2) is 15.9 Å². The lowest BCUT2D eigenvalue weighted by atomic mass is 10.2. The summed E-state index contributed by atoms with van der Waals surface area (Å²) in [6.45, 7) is 5.65. The number of halogens is 1. The summed E-state index contributed by atoms with van der Waals surface area (Å²) in [5.41, 5.74) is 0. The zero-order chi connectivity index (χ0) is 16.1. The number of thiophene rings is 1. The highest BCUT2D eigenvalue weighted by Crippen LogP contribution is 2.29. The highest BCUT2D eigenvalue weighted by Gasteiger charge is 2.14. The largest absolute Gasteiger partial charge is 0.346 e. The van der Waals surface area contributed by atoms with E-state index in [-0.39, 0.29) is 17.9 Å². The zero-order valence-electron chi connectivity index (χ0n) is 12.7. The molecule has 1 unspecified atom stereocenters. The van der Waals surface area contributed by atoms with E-state index in [0.29, 0.717) is 18.2 Å². The molecular weight excluding hydrogens is 366 g/mol. The first-order valence-electron chi connectivity index (χ1n) is 7.04. The number of hydrogen-bond donors (Lipinski definition) is 2. The molecule has 2 rings (SSSR count). The minimum Gasteiger partial charge on any atom is -0.346 e. The van der Waals surface area contributed by atoms with Crippen LogP contribution in [0, 0.1) is 6.92 Å². The van der Waals surface area contributed by atoms with Gasteiger partial charge >= 0.3 is 0 Å². The average Bonchev–Trinajstić information content (AvgIpc) is 2.90. The van der Waals surface area contributed by atoms with Gasteiger partial charge in [-0.05, 0) is 35.3 Å². The number of carbonyl (C=O) groups is 1. The third-order valence-electron chi connectivity index (χ3n) is 2.96. The van der Waals surface area contributed by atoms with E-state index >= 15 is 0 Å². The van der Waals surface area contributed by atoms with E-state index in [4.69, 9.17) is 0 Å². The molecule has 22 heavy (non-hydrogen) atoms. The van der Waals surface area contributed by atoms with Gasteiger partial charge in [0.2, 0.25) is 17.8 Å². The lowest BCUT2D eigenvalue weighted by Crippen LogP contribution is -2.16. The lowest BCUT2D eigenvalue weighted by molar-refractivity contribution is -0.115. The van der Waals surface area contributed by atoms with E-state index in [2.05, 4.69) is 54.5 Å². The Balaban J connectivity index is 2.18. The van der Waals surface area contributed by atoms with Gasteiger partial charge in [0, 0.05) is 21.2 Å². The summed E-state index contributed by atoms with van der Waals surface area (Å²) in [4.78, 5) is 25.4. The Bertz CT molecular complexity index is 660. The average molecular weight is 384 g/mol. The number of nitrogens with zero attached hydrogens (tertiary/aromatic N) is 3. The normalized spacial score (nSPS) is 12.0. The SMILES string of the molecule is CCC(=O)Nc1nc(C)nc(NC(CC)c2cc(Br)cs2)n1. The molecule has 0 saturated heterocycles. The Morgan fingerprint density at radius 2 is 2.05 bits per heavy atom. The van der Waals surface area contributed by atoms with E-state index in [1.54, 1.807) is 25.2 Å². The second kappa shape index (κ2) is 7.64. The zero-order valence-corrected chi connectivity index (χ0v) is 15.1. The molecule has 1 atom stereocenters. The van der Waals surface area contributed by atoms with Crippen LogP contribution in [0.5, 0.6) is 0 Å². The van der Waals surface area contributed by atoms with Crippen molar-refractivity contribution in [2.45, 2.75) is 39.7 Å². The van der Waals surface area contributed by atoms with E-state index in [9.17, 15) is 4.79 Å². The van der Waals surface area contributed by atoms with Gasteiger partial charge in [0.15, 0.2) is 0 Å². The van der Waals surface area contributed by atoms with E-state index < -0.39 is 0 Å². The van der Waals surface area contributed by atoms with Crippen LogP contribution in [-0.2, 0) is 4.79 Å². The number of aromatic nitrogens is 3. The van der Waals surface area contributed by atoms with Crippen molar-refractivity contribution in [1.29, 1.82) is 0 Å². The molecule has 0 radical (unpaired) electrons. The van der Waals surface area contributed by atoms with Gasteiger partial charge in [-0.3, -0.25) is 10.1 Å². The Kier molecular flexibility index (Phi) is 5.84. The predicted molar refractivity (Wildman–Crippen MR) is 92.2 cm³/mol. The van der Waals surface area contributed by atoms with Crippen molar-refractivity contribution in [3.8, 4) is 0 Å². The molecule has 2 heterocycles. The summed E-state index contributed by atoms with van der Waals surface area (Å²) in [6, 6.07) is 2.20. The molecule has 0 spiro atoms. The maximum atomic E-state index is 11.5. The van der Waals surface area contributed by atoms with Crippen LogP contribution in [-0.4, -0.2) is 20.9 Å². The van der Waals surface area contributed by atoms with Gasteiger partial charge in [0.1, 0.15) is 5.82 Å². The number of carbonyl (C=O) groups excluding carboxylic acids is 1. The second-order valence-electron chi connectivity index (χ2n) is 4.70. The summed E-state index contributed by atoms with van der Waals surface area (Å²) in [5, 5.41) is 8.02. The first-order valence-corrected chi connectivity index (χ1v) is 8.72. The first-order chi connectivity index (χ1) is 10.5. The third-order valence-corrected chi connectivity index (χ3v) is 4.77. The summed E-state index contributed by atoms with van der Waals surface area (Å²) in [6.07, 6.45) is 1.28. The number of anilines is 2. The quantitative estimate of drug-likeness (QED) is 0.789. The Labute approximate surface area is 141 Å². The fourth-order valence-electron chi connectivity index (χ4n) is 1.86. The van der Waals surface area contributed by atoms with Gasteiger partial charge in [-0.15, -0.1) is 11.3 Å². The summed E-state index contributed by atoms with van der Waals surface area (Å²) in [5.74, 6) is 1.19. The molecule has 0 saturated carbocycles. The van der Waals surface area contributed by atoms with Crippen LogP contribution in [0.3, 0.4) is 0 Å². The topological polar surface area (TPSA) is 79.8 Å². The summed E-state index contributed by atoms with van der Waals surface area (Å²) in [7, 11) is 0. The Hall–Kier alpha value is -1.54. The van der Waals surface area contributed by atoms with Gasteiger partial charge in [-0.1, -0.05) is 13.8 Å². The summed E-state index contributed by atoms with van der Waals surface area (Å²) < 4.78 is 1.07. The molecule has 0 aliphatic rings. The van der Waals surface area contributed by atoms with Gasteiger partial charge in [-0.25, -0.2) is 0 Å². The Morgan fingerprint density at radius 1 is 1.32 bits per heavy atom. The number of hydrogen-bond acceptors (Lipinski definition) is 6. The first kappa shape index (κ1) is 16.8. The molecule has 2 aromatic heterocycles. The monoisotopic (exact) mass is 383 g/mol. The molecular formula is C14H18BrN5OS. The number of amides is 1. The smallest absolute Gasteiger partial charge is 0.234 e. The van der Waals surface area contributed by atoms with Crippen LogP contribution >= 0.6 is 27.3 Å². The van der Waals surface area contributed by atoms with Crippen molar-refractivity contribution >= 4 is 45.1 Å². The molecule has 1 amide bonds. The van der Waals surface area contributed by atoms with Crippen LogP contribution in [0.4, 0.5) is 11.9 Å². The second-order valence-corrected chi connectivity index (χ2v) is 6.56. The molecule has 0 aromatic carbocycles. The van der Waals surface area contributed by atoms with E-state index in [1.807, 2.05) is 5.38 Å². The highest BCUT2D eigenvalue weighted by molar-refractivity contribution is 9.10. The number of aryl methyl sites for hydroxylation is 1. The van der Waals surface area contributed by atoms with Crippen molar-refractivity contribution < 1.29 is 4.79 Å². The summed E-state index contributed by atoms with van der Waals surface area (Å²) >= 11 is 5.14. The molecule has 2 N–H and O–H groups in total. The molecule has 6 nitrogen and oxygen atoms in total. The van der Waals surface area contributed by atoms with Crippen LogP contribution in [0.2, 0.25) is 0 Å². The fraction of sp³-hybridized carbons (Fsp3) is 0.429. The van der Waals surface area contributed by atoms with Gasteiger partial charge in [-0.2, -0.15) is 15.0 Å². The van der Waals surface area contributed by atoms with Crippen molar-refractivity contribution in [3.05, 3.63) is 26.6 Å². The van der Waals surface area contributed by atoms with Crippen molar-refractivity contribution in [1.82, 2.24) is 15.0 Å². The Morgan fingerprint density at radius 3 is 2.64 bits per heavy atom. The van der Waals surface area contributed by atoms with Crippen molar-refractivity contribution in [2.75, 3.05) is 10.6 Å². The maximum Gasteiger partial charge on any atom is 0.234 e. The standard InChI is InChI=1S/C14H18BrN5OS/c1-4-10(11-6-9(15)7-22-11)18-13-16-8(3)17-14(20-13)19-12(21)5-2/h6-7,10H,4-5H2,1-3H3,(H2,16,17,18,19,20,21). The molecule has 0 bridgehead atoms. The minimum absolute atomic E-state index is 0.118. The lowest BCUT2D eigenvalue weighted by Gasteiger charge is -2.16. The maximum absolute atomic E-state index is 11.5. The molecule has 0 fully saturated rings. The third kappa shape index (κ3) is 4.48. The van der Waals surface area contributed by atoms with E-state index in [0.717, 1.165) is 10.9 Å². The van der Waals surface area contributed by atoms with Crippen molar-refractivity contribution in [2.24, 2.45) is 0 Å². The number of nitrogens with one attached hydrogen (secondary N) is 2. The molecule has 0 aliphatic carbocycles. The van der Waals surface area contributed by atoms with Gasteiger partial charge in [0.05, 0.1) is 6.04 Å². The van der Waals surface area contributed by atoms with Gasteiger partial charge < -0.3 is 5.32 Å². The number of rotatable bonds is 6. The fourth-order valence-corrected chi connectivity index (χ4v) is 3.44. The molecule has 118 valence electrons. The molecule has 0 aliphatic heterocycles. The predicted octanol–water partition coefficient (Wildman–Crippen LogP) is 3.92. The van der Waals surface area contributed by atoms with Gasteiger partial charge in [0.25, 0.3) is 0 Å². The molecule has 8 heteroatoms.